The first-order chi connectivity index (χ1) is 6.76. The summed E-state index contributed by atoms with van der Waals surface area (Å²) in [6, 6.07) is 11.4. The van der Waals surface area contributed by atoms with Gasteiger partial charge in [-0.3, -0.25) is 0 Å². The molecule has 1 atom stereocenters. The molecule has 1 N–H and O–H groups in total. The molecule has 0 aliphatic heterocycles. The van der Waals surface area contributed by atoms with Crippen molar-refractivity contribution in [3.63, 3.8) is 0 Å². The summed E-state index contributed by atoms with van der Waals surface area (Å²) in [4.78, 5) is 0. The maximum Gasteiger partial charge on any atom is 0.0992 e. The summed E-state index contributed by atoms with van der Waals surface area (Å²) in [7, 11) is 0. The van der Waals surface area contributed by atoms with Crippen LogP contribution < -0.4 is 5.32 Å². The van der Waals surface area contributed by atoms with Crippen molar-refractivity contribution in [2.45, 2.75) is 6.92 Å². The summed E-state index contributed by atoms with van der Waals surface area (Å²) >= 11 is 0. The normalized spacial score (nSPS) is 11.1. The quantitative estimate of drug-likeness (QED) is 0.784. The Bertz CT molecular complexity index is 384. The van der Waals surface area contributed by atoms with Gasteiger partial charge in [0.1, 0.15) is 0 Å². The topological polar surface area (TPSA) is 59.6 Å². The van der Waals surface area contributed by atoms with Crippen LogP contribution >= 0.6 is 0 Å². The van der Waals surface area contributed by atoms with Crippen molar-refractivity contribution in [2.24, 2.45) is 5.92 Å². The molecule has 70 valence electrons. The molecule has 1 unspecified atom stereocenters. The van der Waals surface area contributed by atoms with Gasteiger partial charge in [-0.1, -0.05) is 6.07 Å². The van der Waals surface area contributed by atoms with Crippen molar-refractivity contribution in [1.82, 2.24) is 0 Å². The molecular weight excluding hydrogens is 174 g/mol. The van der Waals surface area contributed by atoms with Gasteiger partial charge in [-0.25, -0.2) is 0 Å². The summed E-state index contributed by atoms with van der Waals surface area (Å²) in [6.45, 7) is 2.45. The van der Waals surface area contributed by atoms with Crippen molar-refractivity contribution in [1.29, 1.82) is 10.5 Å². The summed E-state index contributed by atoms with van der Waals surface area (Å²) in [5.41, 5.74) is 1.51. The monoisotopic (exact) mass is 185 g/mol. The molecule has 0 aliphatic rings. The Balaban J connectivity index is 2.61. The number of nitriles is 2. The van der Waals surface area contributed by atoms with Crippen LogP contribution in [0.4, 0.5) is 5.69 Å². The second-order valence-electron chi connectivity index (χ2n) is 3.10. The maximum atomic E-state index is 8.66. The Morgan fingerprint density at radius 3 is 2.86 bits per heavy atom. The van der Waals surface area contributed by atoms with Gasteiger partial charge in [0, 0.05) is 12.2 Å². The molecule has 0 amide bonds. The van der Waals surface area contributed by atoms with Crippen molar-refractivity contribution < 1.29 is 0 Å². The SMILES string of the molecule is CC(C#N)CNc1cccc(C#N)c1. The second-order valence-corrected chi connectivity index (χ2v) is 3.10. The van der Waals surface area contributed by atoms with Crippen molar-refractivity contribution in [3.8, 4) is 12.1 Å². The number of nitrogens with zero attached hydrogens (tertiary/aromatic N) is 2. The third kappa shape index (κ3) is 2.80. The standard InChI is InChI=1S/C11H11N3/c1-9(6-12)8-14-11-4-2-3-10(5-11)7-13/h2-5,9,14H,8H2,1H3. The fourth-order valence-electron chi connectivity index (χ4n) is 1.02. The van der Waals surface area contributed by atoms with Crippen molar-refractivity contribution in [2.75, 3.05) is 11.9 Å². The molecule has 0 aromatic heterocycles. The minimum atomic E-state index is -0.0271. The van der Waals surface area contributed by atoms with E-state index in [0.717, 1.165) is 5.69 Å². The fourth-order valence-corrected chi connectivity index (χ4v) is 1.02. The Morgan fingerprint density at radius 2 is 2.21 bits per heavy atom. The number of nitrogens with one attached hydrogen (secondary N) is 1. The van der Waals surface area contributed by atoms with Crippen LogP contribution in [-0.2, 0) is 0 Å². The van der Waals surface area contributed by atoms with Crippen LogP contribution in [0.15, 0.2) is 24.3 Å². The van der Waals surface area contributed by atoms with E-state index >= 15 is 0 Å². The van der Waals surface area contributed by atoms with E-state index in [4.69, 9.17) is 10.5 Å². The van der Waals surface area contributed by atoms with Gasteiger partial charge in [-0.2, -0.15) is 10.5 Å². The molecule has 1 rings (SSSR count). The lowest BCUT2D eigenvalue weighted by molar-refractivity contribution is 0.786. The molecule has 0 saturated heterocycles. The van der Waals surface area contributed by atoms with Gasteiger partial charge in [-0.05, 0) is 25.1 Å². The summed E-state index contributed by atoms with van der Waals surface area (Å²) < 4.78 is 0. The lowest BCUT2D eigenvalue weighted by Gasteiger charge is -2.06. The number of hydrogen-bond acceptors (Lipinski definition) is 3. The molecule has 0 spiro atoms. The lowest BCUT2D eigenvalue weighted by Crippen LogP contribution is -2.09. The molecule has 1 aromatic rings. The van der Waals surface area contributed by atoms with E-state index in [-0.39, 0.29) is 5.92 Å². The van der Waals surface area contributed by atoms with Crippen molar-refractivity contribution >= 4 is 5.69 Å². The molecule has 0 bridgehead atoms. The molecule has 3 heteroatoms. The average molecular weight is 185 g/mol. The predicted molar refractivity (Wildman–Crippen MR) is 54.4 cm³/mol. The first kappa shape index (κ1) is 10.1. The van der Waals surface area contributed by atoms with Crippen molar-refractivity contribution in [3.05, 3.63) is 29.8 Å². The average Bonchev–Trinajstić information content (AvgIpc) is 2.26. The van der Waals surface area contributed by atoms with Crippen LogP contribution in [0.25, 0.3) is 0 Å². The molecule has 1 aromatic carbocycles. The van der Waals surface area contributed by atoms with E-state index < -0.39 is 0 Å². The first-order valence-electron chi connectivity index (χ1n) is 4.40. The highest BCUT2D eigenvalue weighted by molar-refractivity contribution is 5.49. The molecule has 0 radical (unpaired) electrons. The number of anilines is 1. The van der Waals surface area contributed by atoms with Crippen LogP contribution in [-0.4, -0.2) is 6.54 Å². The van der Waals surface area contributed by atoms with Gasteiger partial charge in [0.2, 0.25) is 0 Å². The largest absolute Gasteiger partial charge is 0.384 e. The highest BCUT2D eigenvalue weighted by atomic mass is 14.9. The van der Waals surface area contributed by atoms with E-state index in [1.807, 2.05) is 19.1 Å². The molecule has 3 nitrogen and oxygen atoms in total. The van der Waals surface area contributed by atoms with E-state index in [9.17, 15) is 0 Å². The first-order valence-corrected chi connectivity index (χ1v) is 4.40. The minimum absolute atomic E-state index is 0.0271. The summed E-state index contributed by atoms with van der Waals surface area (Å²) in [6.07, 6.45) is 0. The Morgan fingerprint density at radius 1 is 1.43 bits per heavy atom. The van der Waals surface area contributed by atoms with Crippen LogP contribution in [0.1, 0.15) is 12.5 Å². The van der Waals surface area contributed by atoms with Crippen LogP contribution in [0.2, 0.25) is 0 Å². The molecule has 0 saturated carbocycles. The summed E-state index contributed by atoms with van der Waals surface area (Å²) in [5, 5.41) is 20.3. The molecule has 0 fully saturated rings. The zero-order valence-electron chi connectivity index (χ0n) is 7.99. The van der Waals surface area contributed by atoms with E-state index in [1.165, 1.54) is 0 Å². The van der Waals surface area contributed by atoms with Gasteiger partial charge in [0.25, 0.3) is 0 Å². The third-order valence-electron chi connectivity index (χ3n) is 1.82. The lowest BCUT2D eigenvalue weighted by atomic mass is 10.2. The highest BCUT2D eigenvalue weighted by Crippen LogP contribution is 2.10. The van der Waals surface area contributed by atoms with Crippen LogP contribution in [0.5, 0.6) is 0 Å². The third-order valence-corrected chi connectivity index (χ3v) is 1.82. The zero-order valence-corrected chi connectivity index (χ0v) is 7.99. The van der Waals surface area contributed by atoms with Gasteiger partial charge in [0.15, 0.2) is 0 Å². The highest BCUT2D eigenvalue weighted by Gasteiger charge is 1.99. The van der Waals surface area contributed by atoms with E-state index in [2.05, 4.69) is 17.5 Å². The van der Waals surface area contributed by atoms with Crippen LogP contribution in [0.3, 0.4) is 0 Å². The van der Waals surface area contributed by atoms with Gasteiger partial charge in [-0.15, -0.1) is 0 Å². The second kappa shape index (κ2) is 4.89. The maximum absolute atomic E-state index is 8.66. The molecule has 0 aliphatic carbocycles. The number of rotatable bonds is 3. The molecule has 14 heavy (non-hydrogen) atoms. The minimum Gasteiger partial charge on any atom is -0.384 e. The summed E-state index contributed by atoms with van der Waals surface area (Å²) in [5.74, 6) is -0.0271. The zero-order chi connectivity index (χ0) is 10.4. The number of benzene rings is 1. The fraction of sp³-hybridized carbons (Fsp3) is 0.273. The van der Waals surface area contributed by atoms with E-state index in [0.29, 0.717) is 12.1 Å². The van der Waals surface area contributed by atoms with Crippen LogP contribution in [0, 0.1) is 28.6 Å². The Kier molecular flexibility index (Phi) is 3.52. The van der Waals surface area contributed by atoms with E-state index in [1.54, 1.807) is 12.1 Å². The Hall–Kier alpha value is -2.00. The smallest absolute Gasteiger partial charge is 0.0992 e. The van der Waals surface area contributed by atoms with Gasteiger partial charge in [0.05, 0.1) is 23.6 Å². The predicted octanol–water partition coefficient (Wildman–Crippen LogP) is 2.13. The molecular formula is C11H11N3. The number of hydrogen-bond donors (Lipinski definition) is 1. The van der Waals surface area contributed by atoms with Gasteiger partial charge < -0.3 is 5.32 Å². The van der Waals surface area contributed by atoms with Gasteiger partial charge >= 0.3 is 0 Å². The Labute approximate surface area is 83.6 Å². The molecule has 0 heterocycles.